The first-order valence-electron chi connectivity index (χ1n) is 6.82. The number of methoxy groups -OCH3 is 1. The van der Waals surface area contributed by atoms with Gasteiger partial charge in [0.1, 0.15) is 0 Å². The van der Waals surface area contributed by atoms with Crippen LogP contribution in [0.15, 0.2) is 18.5 Å². The average molecular weight is 254 g/mol. The number of aromatic nitrogens is 1. The van der Waals surface area contributed by atoms with Crippen molar-refractivity contribution in [3.8, 4) is 0 Å². The van der Waals surface area contributed by atoms with E-state index in [2.05, 4.69) is 28.3 Å². The highest BCUT2D eigenvalue weighted by molar-refractivity contribution is 5.09. The van der Waals surface area contributed by atoms with Crippen molar-refractivity contribution in [2.24, 2.45) is 0 Å². The van der Waals surface area contributed by atoms with Crippen molar-refractivity contribution in [3.63, 3.8) is 0 Å². The van der Waals surface area contributed by atoms with Crippen LogP contribution in [-0.4, -0.2) is 36.5 Å². The second-order valence-corrected chi connectivity index (χ2v) is 4.56. The first-order chi connectivity index (χ1) is 8.86. The third-order valence-corrected chi connectivity index (χ3v) is 2.95. The largest absolute Gasteiger partial charge is 0.396 e. The third kappa shape index (κ3) is 6.79. The van der Waals surface area contributed by atoms with E-state index in [0.29, 0.717) is 6.61 Å². The summed E-state index contributed by atoms with van der Waals surface area (Å²) >= 11 is 0. The van der Waals surface area contributed by atoms with Crippen LogP contribution in [0.3, 0.4) is 0 Å². The van der Waals surface area contributed by atoms with E-state index >= 15 is 0 Å². The molecule has 0 aliphatic carbocycles. The van der Waals surface area contributed by atoms with Crippen LogP contribution in [0.4, 0.5) is 0 Å². The number of nitrogens with zero attached hydrogens (tertiary/aromatic N) is 1. The molecule has 2 N–H and O–H groups in total. The summed E-state index contributed by atoms with van der Waals surface area (Å²) in [6.45, 7) is 3.94. The molecule has 18 heavy (non-hydrogen) atoms. The summed E-state index contributed by atoms with van der Waals surface area (Å²) in [5, 5.41) is 12.0. The first kappa shape index (κ1) is 15.2. The van der Waals surface area contributed by atoms with Crippen LogP contribution in [0.25, 0.3) is 0 Å². The molecule has 104 valence electrons. The molecule has 0 unspecified atom stereocenters. The molecule has 0 aliphatic heterocycles. The summed E-state index contributed by atoms with van der Waals surface area (Å²) in [6.07, 6.45) is 8.78. The number of hydrogen-bond donors (Lipinski definition) is 2. The lowest BCUT2D eigenvalue weighted by Gasteiger charge is -2.03. The summed E-state index contributed by atoms with van der Waals surface area (Å²) < 4.78 is 7.23. The zero-order chi connectivity index (χ0) is 13.1. The summed E-state index contributed by atoms with van der Waals surface area (Å²) in [5.74, 6) is 0. The number of hydrogen-bond acceptors (Lipinski definition) is 3. The Morgan fingerprint density at radius 1 is 1.28 bits per heavy atom. The van der Waals surface area contributed by atoms with Crippen LogP contribution in [0.5, 0.6) is 0 Å². The second-order valence-electron chi connectivity index (χ2n) is 4.56. The fraction of sp³-hybridized carbons (Fsp3) is 0.714. The molecule has 4 nitrogen and oxygen atoms in total. The maximum atomic E-state index is 8.69. The monoisotopic (exact) mass is 254 g/mol. The quantitative estimate of drug-likeness (QED) is 0.592. The lowest BCUT2D eigenvalue weighted by Crippen LogP contribution is -2.18. The number of ether oxygens (including phenoxy) is 1. The van der Waals surface area contributed by atoms with Crippen molar-refractivity contribution in [1.29, 1.82) is 0 Å². The Morgan fingerprint density at radius 3 is 2.89 bits per heavy atom. The van der Waals surface area contributed by atoms with E-state index in [4.69, 9.17) is 9.84 Å². The van der Waals surface area contributed by atoms with Gasteiger partial charge in [0.15, 0.2) is 0 Å². The minimum Gasteiger partial charge on any atom is -0.396 e. The van der Waals surface area contributed by atoms with Crippen molar-refractivity contribution in [2.45, 2.75) is 38.8 Å². The van der Waals surface area contributed by atoms with Gasteiger partial charge in [0, 0.05) is 45.7 Å². The van der Waals surface area contributed by atoms with Crippen molar-refractivity contribution in [3.05, 3.63) is 24.0 Å². The Balaban J connectivity index is 2.10. The zero-order valence-corrected chi connectivity index (χ0v) is 11.4. The van der Waals surface area contributed by atoms with Gasteiger partial charge in [-0.05, 0) is 24.5 Å². The topological polar surface area (TPSA) is 46.4 Å². The molecule has 0 atom stereocenters. The van der Waals surface area contributed by atoms with E-state index in [-0.39, 0.29) is 0 Å². The van der Waals surface area contributed by atoms with Crippen molar-refractivity contribution < 1.29 is 9.84 Å². The highest BCUT2D eigenvalue weighted by atomic mass is 16.5. The molecule has 0 aliphatic rings. The smallest absolute Gasteiger partial charge is 0.0587 e. The first-order valence-corrected chi connectivity index (χ1v) is 6.82. The molecule has 0 amide bonds. The molecule has 0 saturated heterocycles. The molecule has 4 heteroatoms. The number of rotatable bonds is 11. The summed E-state index contributed by atoms with van der Waals surface area (Å²) in [4.78, 5) is 0. The molecule has 0 spiro atoms. The fourth-order valence-corrected chi connectivity index (χ4v) is 1.90. The number of unbranched alkanes of at least 4 members (excludes halogenated alkanes) is 3. The molecular formula is C14H26N2O2. The summed E-state index contributed by atoms with van der Waals surface area (Å²) in [6, 6.07) is 2.16. The van der Waals surface area contributed by atoms with Crippen molar-refractivity contribution >= 4 is 0 Å². The van der Waals surface area contributed by atoms with Crippen LogP contribution in [0, 0.1) is 0 Å². The van der Waals surface area contributed by atoms with Gasteiger partial charge in [-0.3, -0.25) is 0 Å². The number of nitrogens with one attached hydrogen (secondary N) is 1. The predicted molar refractivity (Wildman–Crippen MR) is 73.6 cm³/mol. The van der Waals surface area contributed by atoms with Crippen LogP contribution < -0.4 is 5.32 Å². The number of aliphatic hydroxyl groups is 1. The van der Waals surface area contributed by atoms with Crippen molar-refractivity contribution in [1.82, 2.24) is 9.88 Å². The molecule has 1 aromatic heterocycles. The minimum atomic E-state index is 0.320. The standard InChI is InChI=1S/C14H26N2O2/c1-18-11-7-15-12-14-6-9-16(13-14)8-4-2-3-5-10-17/h6,9,13,15,17H,2-5,7-8,10-12H2,1H3. The Kier molecular flexibility index (Phi) is 8.55. The molecule has 0 radical (unpaired) electrons. The molecular weight excluding hydrogens is 228 g/mol. The van der Waals surface area contributed by atoms with Crippen molar-refractivity contribution in [2.75, 3.05) is 26.9 Å². The predicted octanol–water partition coefficient (Wildman–Crippen LogP) is 1.78. The van der Waals surface area contributed by atoms with Gasteiger partial charge in [-0.2, -0.15) is 0 Å². The Hall–Kier alpha value is -0.840. The molecule has 1 heterocycles. The van der Waals surface area contributed by atoms with E-state index in [9.17, 15) is 0 Å². The van der Waals surface area contributed by atoms with E-state index in [1.54, 1.807) is 7.11 Å². The van der Waals surface area contributed by atoms with Crippen LogP contribution in [0.1, 0.15) is 31.2 Å². The van der Waals surface area contributed by atoms with Crippen LogP contribution >= 0.6 is 0 Å². The van der Waals surface area contributed by atoms with Gasteiger partial charge in [0.05, 0.1) is 6.61 Å². The molecule has 0 bridgehead atoms. The van der Waals surface area contributed by atoms with Gasteiger partial charge in [-0.15, -0.1) is 0 Å². The van der Waals surface area contributed by atoms with E-state index in [0.717, 1.165) is 39.1 Å². The highest BCUT2D eigenvalue weighted by Gasteiger charge is 1.97. The van der Waals surface area contributed by atoms with E-state index in [1.807, 2.05) is 0 Å². The maximum absolute atomic E-state index is 8.69. The second kappa shape index (κ2) is 10.1. The van der Waals surface area contributed by atoms with Gasteiger partial charge in [0.2, 0.25) is 0 Å². The Morgan fingerprint density at radius 2 is 2.11 bits per heavy atom. The van der Waals surface area contributed by atoms with Crippen LogP contribution in [-0.2, 0) is 17.8 Å². The summed E-state index contributed by atoms with van der Waals surface area (Å²) in [7, 11) is 1.72. The van der Waals surface area contributed by atoms with Gasteiger partial charge in [-0.1, -0.05) is 12.8 Å². The molecule has 0 fully saturated rings. The fourth-order valence-electron chi connectivity index (χ4n) is 1.90. The maximum Gasteiger partial charge on any atom is 0.0587 e. The Bertz CT molecular complexity index is 300. The van der Waals surface area contributed by atoms with E-state index < -0.39 is 0 Å². The number of aryl methyl sites for hydroxylation is 1. The van der Waals surface area contributed by atoms with Crippen LogP contribution in [0.2, 0.25) is 0 Å². The normalized spacial score (nSPS) is 11.0. The van der Waals surface area contributed by atoms with Gasteiger partial charge in [0.25, 0.3) is 0 Å². The lowest BCUT2D eigenvalue weighted by molar-refractivity contribution is 0.199. The minimum absolute atomic E-state index is 0.320. The molecule has 0 aromatic carbocycles. The molecule has 1 aromatic rings. The molecule has 0 saturated carbocycles. The summed E-state index contributed by atoms with van der Waals surface area (Å²) in [5.41, 5.74) is 1.32. The van der Waals surface area contributed by atoms with E-state index in [1.165, 1.54) is 18.4 Å². The number of aliphatic hydroxyl groups excluding tert-OH is 1. The third-order valence-electron chi connectivity index (χ3n) is 2.95. The molecule has 1 rings (SSSR count). The van der Waals surface area contributed by atoms with Gasteiger partial charge in [-0.25, -0.2) is 0 Å². The SMILES string of the molecule is COCCNCc1ccn(CCCCCCO)c1. The highest BCUT2D eigenvalue weighted by Crippen LogP contribution is 2.05. The average Bonchev–Trinajstić information content (AvgIpc) is 2.82. The Labute approximate surface area is 110 Å². The zero-order valence-electron chi connectivity index (χ0n) is 11.4. The van der Waals surface area contributed by atoms with Gasteiger partial charge < -0.3 is 19.7 Å². The lowest BCUT2D eigenvalue weighted by atomic mass is 10.2. The van der Waals surface area contributed by atoms with Gasteiger partial charge >= 0.3 is 0 Å².